The van der Waals surface area contributed by atoms with Crippen molar-refractivity contribution in [3.63, 3.8) is 0 Å². The second-order valence-corrected chi connectivity index (χ2v) is 8.19. The first-order valence-electron chi connectivity index (χ1n) is 9.85. The molecule has 1 aromatic heterocycles. The molecule has 0 N–H and O–H groups in total. The molecule has 3 aromatic carbocycles. The van der Waals surface area contributed by atoms with Crippen LogP contribution in [-0.2, 0) is 0 Å². The van der Waals surface area contributed by atoms with Gasteiger partial charge in [0.25, 0.3) is 11.2 Å². The van der Waals surface area contributed by atoms with Gasteiger partial charge in [-0.3, -0.25) is 19.5 Å². The Bertz CT molecular complexity index is 1510. The van der Waals surface area contributed by atoms with Gasteiger partial charge in [0, 0.05) is 17.7 Å². The number of fused-ring (bicyclic) bond motifs is 1. The number of rotatable bonds is 4. The van der Waals surface area contributed by atoms with Gasteiger partial charge in [-0.2, -0.15) is 0 Å². The zero-order valence-electron chi connectivity index (χ0n) is 16.7. The summed E-state index contributed by atoms with van der Waals surface area (Å²) in [5, 5.41) is 19.7. The molecule has 7 nitrogen and oxygen atoms in total. The number of hydrogen-bond acceptors (Lipinski definition) is 6. The van der Waals surface area contributed by atoms with Gasteiger partial charge in [0.15, 0.2) is 0 Å². The molecule has 0 bridgehead atoms. The second-order valence-electron chi connectivity index (χ2n) is 7.18. The zero-order chi connectivity index (χ0) is 22.1. The molecule has 0 saturated carbocycles. The maximum absolute atomic E-state index is 13.5. The molecule has 2 heterocycles. The molecule has 0 spiro atoms. The minimum absolute atomic E-state index is 0.00407. The molecule has 1 aliphatic heterocycles. The van der Waals surface area contributed by atoms with E-state index in [0.717, 1.165) is 11.1 Å². The molecule has 0 radical (unpaired) electrons. The van der Waals surface area contributed by atoms with E-state index in [0.29, 0.717) is 20.6 Å². The molecule has 0 aliphatic carbocycles. The van der Waals surface area contributed by atoms with E-state index in [4.69, 9.17) is 0 Å². The third-order valence-corrected chi connectivity index (χ3v) is 6.16. The third kappa shape index (κ3) is 3.57. The third-order valence-electron chi connectivity index (χ3n) is 5.18. The number of hydrogen-bond donors (Lipinski definition) is 0. The molecule has 32 heavy (non-hydrogen) atoms. The number of nitro benzene ring substituents is 1. The molecule has 1 atom stereocenters. The van der Waals surface area contributed by atoms with Crippen molar-refractivity contribution in [3.8, 4) is 0 Å². The fourth-order valence-electron chi connectivity index (χ4n) is 3.67. The monoisotopic (exact) mass is 440 g/mol. The summed E-state index contributed by atoms with van der Waals surface area (Å²) >= 11 is 1.25. The van der Waals surface area contributed by atoms with Crippen LogP contribution in [0, 0.1) is 10.1 Å². The van der Waals surface area contributed by atoms with Gasteiger partial charge in [-0.05, 0) is 29.3 Å². The molecule has 8 heteroatoms. The maximum atomic E-state index is 13.5. The largest absolute Gasteiger partial charge is 0.271 e. The van der Waals surface area contributed by atoms with Crippen LogP contribution in [0.5, 0.6) is 0 Å². The summed E-state index contributed by atoms with van der Waals surface area (Å²) in [6.07, 6.45) is 1.72. The Morgan fingerprint density at radius 3 is 2.22 bits per heavy atom. The van der Waals surface area contributed by atoms with E-state index in [1.807, 2.05) is 60.7 Å². The Morgan fingerprint density at radius 2 is 1.56 bits per heavy atom. The van der Waals surface area contributed by atoms with Crippen LogP contribution in [0.15, 0.2) is 99.9 Å². The lowest BCUT2D eigenvalue weighted by Crippen LogP contribution is -2.40. The van der Waals surface area contributed by atoms with E-state index in [9.17, 15) is 14.9 Å². The topological polar surface area (TPSA) is 89.9 Å². The van der Waals surface area contributed by atoms with Gasteiger partial charge >= 0.3 is 0 Å². The van der Waals surface area contributed by atoms with Crippen molar-refractivity contribution < 1.29 is 4.92 Å². The summed E-state index contributed by atoms with van der Waals surface area (Å²) in [6.45, 7) is 0. The predicted octanol–water partition coefficient (Wildman–Crippen LogP) is 3.27. The number of nitro groups is 1. The van der Waals surface area contributed by atoms with Gasteiger partial charge in [-0.25, -0.2) is 0 Å². The Labute approximate surface area is 186 Å². The Kier molecular flexibility index (Phi) is 5.04. The van der Waals surface area contributed by atoms with Crippen LogP contribution in [0.2, 0.25) is 0 Å². The molecule has 0 saturated heterocycles. The zero-order valence-corrected chi connectivity index (χ0v) is 17.5. The number of aromatic nitrogens is 1. The smallest absolute Gasteiger partial charge is 0.268 e. The highest BCUT2D eigenvalue weighted by molar-refractivity contribution is 7.07. The van der Waals surface area contributed by atoms with Gasteiger partial charge in [0.1, 0.15) is 6.04 Å². The number of benzene rings is 3. The minimum atomic E-state index is -0.450. The maximum Gasteiger partial charge on any atom is 0.271 e. The summed E-state index contributed by atoms with van der Waals surface area (Å²) in [6, 6.07) is 25.1. The minimum Gasteiger partial charge on any atom is -0.268 e. The molecule has 0 fully saturated rings. The molecule has 4 aromatic rings. The van der Waals surface area contributed by atoms with Gasteiger partial charge in [-0.15, -0.1) is 10.2 Å². The molecule has 0 amide bonds. The summed E-state index contributed by atoms with van der Waals surface area (Å²) in [5.74, 6) is 0. The average molecular weight is 440 g/mol. The lowest BCUT2D eigenvalue weighted by Gasteiger charge is -2.22. The highest BCUT2D eigenvalue weighted by Gasteiger charge is 2.28. The summed E-state index contributed by atoms with van der Waals surface area (Å²) < 4.78 is 2.16. The van der Waals surface area contributed by atoms with Crippen LogP contribution in [0.3, 0.4) is 0 Å². The van der Waals surface area contributed by atoms with Crippen LogP contribution < -0.4 is 14.9 Å². The molecule has 156 valence electrons. The Morgan fingerprint density at radius 1 is 0.906 bits per heavy atom. The fourth-order valence-corrected chi connectivity index (χ4v) is 4.61. The van der Waals surface area contributed by atoms with Crippen molar-refractivity contribution >= 4 is 28.8 Å². The number of non-ortho nitro benzene ring substituents is 1. The van der Waals surface area contributed by atoms with Crippen LogP contribution in [0.1, 0.15) is 22.7 Å². The molecule has 1 aliphatic rings. The average Bonchev–Trinajstić information content (AvgIpc) is 3.15. The lowest BCUT2D eigenvalue weighted by atomic mass is 9.96. The van der Waals surface area contributed by atoms with Crippen LogP contribution in [0.25, 0.3) is 6.08 Å². The normalized spacial score (nSPS) is 15.6. The van der Waals surface area contributed by atoms with Crippen molar-refractivity contribution in [1.82, 2.24) is 4.57 Å². The number of thiazole rings is 1. The SMILES string of the molecule is O=c1c(=Cc2ccc([N+](=O)[O-])cc2)sc2n1[C@@H](c1ccccc1)C(c1ccccc1)=NN=2. The van der Waals surface area contributed by atoms with Crippen molar-refractivity contribution in [2.45, 2.75) is 6.04 Å². The van der Waals surface area contributed by atoms with E-state index in [1.165, 1.54) is 23.5 Å². The second kappa shape index (κ2) is 8.16. The predicted molar refractivity (Wildman–Crippen MR) is 124 cm³/mol. The van der Waals surface area contributed by atoms with Crippen molar-refractivity contribution in [1.29, 1.82) is 0 Å². The first-order valence-corrected chi connectivity index (χ1v) is 10.7. The van der Waals surface area contributed by atoms with E-state index in [1.54, 1.807) is 22.8 Å². The van der Waals surface area contributed by atoms with Crippen LogP contribution in [-0.4, -0.2) is 15.2 Å². The molecule has 0 unspecified atom stereocenters. The summed E-state index contributed by atoms with van der Waals surface area (Å²) in [5.41, 5.74) is 3.06. The van der Waals surface area contributed by atoms with Gasteiger partial charge < -0.3 is 0 Å². The van der Waals surface area contributed by atoms with Gasteiger partial charge in [-0.1, -0.05) is 72.0 Å². The van der Waals surface area contributed by atoms with Crippen LogP contribution >= 0.6 is 11.3 Å². The Balaban J connectivity index is 1.67. The molecule has 5 rings (SSSR count). The highest BCUT2D eigenvalue weighted by Crippen LogP contribution is 2.24. The van der Waals surface area contributed by atoms with Gasteiger partial charge in [0.2, 0.25) is 4.80 Å². The van der Waals surface area contributed by atoms with Crippen molar-refractivity contribution in [3.05, 3.63) is 131 Å². The summed E-state index contributed by atoms with van der Waals surface area (Å²) in [4.78, 5) is 24.4. The van der Waals surface area contributed by atoms with Gasteiger partial charge in [0.05, 0.1) is 15.2 Å². The standard InChI is InChI=1S/C24H16N4O3S/c29-23-20(15-16-11-13-19(14-12-16)28(30)31)32-24-26-25-21(17-7-3-1-4-8-17)22(27(23)24)18-9-5-2-6-10-18/h1-15,22H/t22-/m0/s1. The van der Waals surface area contributed by atoms with E-state index < -0.39 is 11.0 Å². The summed E-state index contributed by atoms with van der Waals surface area (Å²) in [7, 11) is 0. The highest BCUT2D eigenvalue weighted by atomic mass is 32.1. The first kappa shape index (κ1) is 19.8. The quantitative estimate of drug-likeness (QED) is 0.360. The molecular weight excluding hydrogens is 424 g/mol. The van der Waals surface area contributed by atoms with E-state index in [-0.39, 0.29) is 11.2 Å². The van der Waals surface area contributed by atoms with Crippen LogP contribution in [0.4, 0.5) is 5.69 Å². The number of nitrogens with zero attached hydrogens (tertiary/aromatic N) is 4. The lowest BCUT2D eigenvalue weighted by molar-refractivity contribution is -0.384. The Hall–Kier alpha value is -4.17. The van der Waals surface area contributed by atoms with E-state index in [2.05, 4.69) is 10.2 Å². The molecular formula is C24H16N4O3S. The van der Waals surface area contributed by atoms with Crippen molar-refractivity contribution in [2.24, 2.45) is 10.2 Å². The fraction of sp³-hybridized carbons (Fsp3) is 0.0417. The van der Waals surface area contributed by atoms with E-state index >= 15 is 0 Å². The first-order chi connectivity index (χ1) is 15.6. The van der Waals surface area contributed by atoms with Crippen molar-refractivity contribution in [2.75, 3.05) is 0 Å².